The van der Waals surface area contributed by atoms with Crippen LogP contribution in [0.2, 0.25) is 0 Å². The fourth-order valence-corrected chi connectivity index (χ4v) is 1.98. The molecule has 3 unspecified atom stereocenters. The van der Waals surface area contributed by atoms with Crippen molar-refractivity contribution in [3.05, 3.63) is 11.6 Å². The monoisotopic (exact) mass is 152 g/mol. The molecule has 1 fully saturated rings. The first-order valence-corrected chi connectivity index (χ1v) is 4.58. The van der Waals surface area contributed by atoms with Crippen LogP contribution in [0.25, 0.3) is 0 Å². The summed E-state index contributed by atoms with van der Waals surface area (Å²) in [5.74, 6) is 0.782. The number of hydrogen-bond acceptors (Lipinski definition) is 1. The maximum absolute atomic E-state index is 5.58. The predicted octanol–water partition coefficient (Wildman–Crippen LogP) is 2.52. The molecular formula is C10H16O. The van der Waals surface area contributed by atoms with Gasteiger partial charge in [0.1, 0.15) is 0 Å². The fraction of sp³-hybridized carbons (Fsp3) is 0.800. The molecule has 62 valence electrons. The second kappa shape index (κ2) is 2.63. The lowest BCUT2D eigenvalue weighted by molar-refractivity contribution is 0.319. The van der Waals surface area contributed by atoms with Gasteiger partial charge in [0.15, 0.2) is 0 Å². The van der Waals surface area contributed by atoms with E-state index in [0.29, 0.717) is 12.2 Å². The van der Waals surface area contributed by atoms with Gasteiger partial charge in [-0.15, -0.1) is 0 Å². The van der Waals surface area contributed by atoms with Crippen molar-refractivity contribution < 1.29 is 4.74 Å². The van der Waals surface area contributed by atoms with Crippen LogP contribution in [0, 0.1) is 5.92 Å². The molecule has 1 saturated heterocycles. The standard InChI is InChI=1S/C10H16O/c1-7-4-3-5-8(2)10-9(6-7)11-10/h4,8-10H,3,5-6H2,1-2H3. The van der Waals surface area contributed by atoms with Crippen molar-refractivity contribution in [3.8, 4) is 0 Å². The van der Waals surface area contributed by atoms with Crippen LogP contribution >= 0.6 is 0 Å². The highest BCUT2D eigenvalue weighted by atomic mass is 16.6. The van der Waals surface area contributed by atoms with Crippen molar-refractivity contribution in [2.24, 2.45) is 5.92 Å². The molecule has 0 bridgehead atoms. The van der Waals surface area contributed by atoms with Crippen molar-refractivity contribution in [1.29, 1.82) is 0 Å². The van der Waals surface area contributed by atoms with Crippen molar-refractivity contribution in [2.75, 3.05) is 0 Å². The number of epoxide rings is 1. The van der Waals surface area contributed by atoms with Gasteiger partial charge in [-0.1, -0.05) is 18.6 Å². The number of fused-ring (bicyclic) bond motifs is 1. The van der Waals surface area contributed by atoms with Crippen LogP contribution < -0.4 is 0 Å². The first-order valence-electron chi connectivity index (χ1n) is 4.58. The summed E-state index contributed by atoms with van der Waals surface area (Å²) in [6.07, 6.45) is 7.27. The van der Waals surface area contributed by atoms with E-state index in [0.717, 1.165) is 5.92 Å². The van der Waals surface area contributed by atoms with Gasteiger partial charge < -0.3 is 4.74 Å². The number of rotatable bonds is 0. The lowest BCUT2D eigenvalue weighted by Gasteiger charge is -2.09. The van der Waals surface area contributed by atoms with Crippen LogP contribution in [0.15, 0.2) is 11.6 Å². The van der Waals surface area contributed by atoms with E-state index < -0.39 is 0 Å². The second-order valence-electron chi connectivity index (χ2n) is 3.95. The van der Waals surface area contributed by atoms with Crippen LogP contribution in [0.5, 0.6) is 0 Å². The molecule has 0 aromatic carbocycles. The molecule has 2 aliphatic rings. The van der Waals surface area contributed by atoms with Crippen LogP contribution in [0.1, 0.15) is 33.1 Å². The van der Waals surface area contributed by atoms with Crippen LogP contribution in [0.3, 0.4) is 0 Å². The zero-order valence-corrected chi connectivity index (χ0v) is 7.34. The number of ether oxygens (including phenoxy) is 1. The molecule has 1 aliphatic heterocycles. The Morgan fingerprint density at radius 1 is 1.55 bits per heavy atom. The molecule has 0 aromatic heterocycles. The van der Waals surface area contributed by atoms with Gasteiger partial charge in [-0.25, -0.2) is 0 Å². The smallest absolute Gasteiger partial charge is 0.0881 e. The quantitative estimate of drug-likeness (QED) is 0.384. The van der Waals surface area contributed by atoms with Crippen molar-refractivity contribution in [3.63, 3.8) is 0 Å². The molecule has 11 heavy (non-hydrogen) atoms. The van der Waals surface area contributed by atoms with E-state index in [1.165, 1.54) is 24.8 Å². The van der Waals surface area contributed by atoms with Gasteiger partial charge in [0.25, 0.3) is 0 Å². The third-order valence-corrected chi connectivity index (χ3v) is 2.82. The molecule has 2 rings (SSSR count). The minimum Gasteiger partial charge on any atom is -0.369 e. The lowest BCUT2D eigenvalue weighted by atomic mass is 9.93. The van der Waals surface area contributed by atoms with E-state index in [4.69, 9.17) is 4.74 Å². The normalized spacial score (nSPS) is 43.5. The number of hydrogen-bond donors (Lipinski definition) is 0. The zero-order chi connectivity index (χ0) is 7.84. The highest BCUT2D eigenvalue weighted by molar-refractivity contribution is 5.07. The van der Waals surface area contributed by atoms with Gasteiger partial charge in [-0.05, 0) is 32.1 Å². The Kier molecular flexibility index (Phi) is 1.76. The van der Waals surface area contributed by atoms with Crippen molar-refractivity contribution in [2.45, 2.75) is 45.3 Å². The summed E-state index contributed by atoms with van der Waals surface area (Å²) in [6, 6.07) is 0. The molecule has 0 spiro atoms. The van der Waals surface area contributed by atoms with Gasteiger partial charge >= 0.3 is 0 Å². The average Bonchev–Trinajstić information content (AvgIpc) is 2.64. The molecule has 0 saturated carbocycles. The van der Waals surface area contributed by atoms with Gasteiger partial charge in [0.05, 0.1) is 12.2 Å². The lowest BCUT2D eigenvalue weighted by Crippen LogP contribution is -2.08. The minimum atomic E-state index is 0.571. The maximum Gasteiger partial charge on any atom is 0.0881 e. The first-order chi connectivity index (χ1) is 5.27. The van der Waals surface area contributed by atoms with Crippen LogP contribution in [-0.2, 0) is 4.74 Å². The van der Waals surface area contributed by atoms with Crippen molar-refractivity contribution >= 4 is 0 Å². The number of allylic oxidation sites excluding steroid dienone is 1. The maximum atomic E-state index is 5.58. The fourth-order valence-electron chi connectivity index (χ4n) is 1.98. The van der Waals surface area contributed by atoms with Crippen molar-refractivity contribution in [1.82, 2.24) is 0 Å². The minimum absolute atomic E-state index is 0.571. The summed E-state index contributed by atoms with van der Waals surface area (Å²) in [4.78, 5) is 0. The summed E-state index contributed by atoms with van der Waals surface area (Å²) in [6.45, 7) is 4.52. The topological polar surface area (TPSA) is 12.5 Å². The SMILES string of the molecule is CC1=CCCC(C)C2OC2C1. The van der Waals surface area contributed by atoms with E-state index in [9.17, 15) is 0 Å². The summed E-state index contributed by atoms with van der Waals surface area (Å²) in [5.41, 5.74) is 1.52. The van der Waals surface area contributed by atoms with Gasteiger partial charge in [0.2, 0.25) is 0 Å². The molecular weight excluding hydrogens is 136 g/mol. The third-order valence-electron chi connectivity index (χ3n) is 2.82. The Morgan fingerprint density at radius 2 is 2.36 bits per heavy atom. The van der Waals surface area contributed by atoms with E-state index in [1.807, 2.05) is 0 Å². The Morgan fingerprint density at radius 3 is 3.18 bits per heavy atom. The molecule has 0 amide bonds. The summed E-state index contributed by atoms with van der Waals surface area (Å²) < 4.78 is 5.58. The van der Waals surface area contributed by atoms with Gasteiger partial charge in [-0.2, -0.15) is 0 Å². The predicted molar refractivity (Wildman–Crippen MR) is 45.4 cm³/mol. The van der Waals surface area contributed by atoms with Crippen LogP contribution in [0.4, 0.5) is 0 Å². The molecule has 1 aliphatic carbocycles. The molecule has 3 atom stereocenters. The summed E-state index contributed by atoms with van der Waals surface area (Å²) in [7, 11) is 0. The molecule has 1 nitrogen and oxygen atoms in total. The Hall–Kier alpha value is -0.300. The van der Waals surface area contributed by atoms with E-state index in [-0.39, 0.29) is 0 Å². The highest BCUT2D eigenvalue weighted by Gasteiger charge is 2.42. The molecule has 0 N–H and O–H groups in total. The molecule has 1 heteroatoms. The second-order valence-corrected chi connectivity index (χ2v) is 3.95. The highest BCUT2D eigenvalue weighted by Crippen LogP contribution is 2.37. The first kappa shape index (κ1) is 7.35. The van der Waals surface area contributed by atoms with E-state index in [2.05, 4.69) is 19.9 Å². The Labute approximate surface area is 68.4 Å². The summed E-state index contributed by atoms with van der Waals surface area (Å²) >= 11 is 0. The van der Waals surface area contributed by atoms with Gasteiger partial charge in [-0.3, -0.25) is 0 Å². The third kappa shape index (κ3) is 1.48. The Balaban J connectivity index is 2.03. The van der Waals surface area contributed by atoms with Crippen LogP contribution in [-0.4, -0.2) is 12.2 Å². The average molecular weight is 152 g/mol. The van der Waals surface area contributed by atoms with Gasteiger partial charge in [0, 0.05) is 0 Å². The van der Waals surface area contributed by atoms with E-state index in [1.54, 1.807) is 0 Å². The van der Waals surface area contributed by atoms with E-state index >= 15 is 0 Å². The largest absolute Gasteiger partial charge is 0.369 e. The molecule has 0 radical (unpaired) electrons. The zero-order valence-electron chi connectivity index (χ0n) is 7.34. The Bertz CT molecular complexity index is 183. The molecule has 0 aromatic rings. The molecule has 1 heterocycles. The summed E-state index contributed by atoms with van der Waals surface area (Å²) in [5, 5.41) is 0.